The fraction of sp³-hybridized carbons (Fsp3) is 0.500. The Hall–Kier alpha value is -1.30. The Kier molecular flexibility index (Phi) is 4.54. The second kappa shape index (κ2) is 5.69. The van der Waals surface area contributed by atoms with E-state index in [1.807, 2.05) is 6.92 Å². The van der Waals surface area contributed by atoms with Gasteiger partial charge in [-0.1, -0.05) is 6.92 Å². The molecule has 0 fully saturated rings. The van der Waals surface area contributed by atoms with Crippen LogP contribution in [0.1, 0.15) is 24.0 Å². The molecule has 0 aliphatic carbocycles. The average molecular weight is 242 g/mol. The Morgan fingerprint density at radius 1 is 1.56 bits per heavy atom. The van der Waals surface area contributed by atoms with Crippen molar-refractivity contribution < 1.29 is 9.90 Å². The van der Waals surface area contributed by atoms with Crippen molar-refractivity contribution in [2.24, 2.45) is 0 Å². The van der Waals surface area contributed by atoms with E-state index in [0.29, 0.717) is 17.3 Å². The van der Waals surface area contributed by atoms with Crippen LogP contribution in [0.3, 0.4) is 0 Å². The normalized spacial score (nSPS) is 10.4. The lowest BCUT2D eigenvalue weighted by atomic mass is 10.2. The summed E-state index contributed by atoms with van der Waals surface area (Å²) in [5, 5.41) is 8.64. The number of carboxylic acids is 1. The van der Waals surface area contributed by atoms with E-state index in [9.17, 15) is 9.59 Å². The van der Waals surface area contributed by atoms with Crippen LogP contribution in [0.5, 0.6) is 0 Å². The van der Waals surface area contributed by atoms with Gasteiger partial charge in [0, 0.05) is 11.3 Å². The van der Waals surface area contributed by atoms with E-state index in [1.165, 1.54) is 0 Å². The van der Waals surface area contributed by atoms with Crippen LogP contribution >= 0.6 is 11.8 Å². The Morgan fingerprint density at radius 3 is 2.75 bits per heavy atom. The van der Waals surface area contributed by atoms with Crippen molar-refractivity contribution in [3.8, 4) is 0 Å². The summed E-state index contributed by atoms with van der Waals surface area (Å²) in [6.07, 6.45) is -0.282. The van der Waals surface area contributed by atoms with Gasteiger partial charge < -0.3 is 10.1 Å². The van der Waals surface area contributed by atoms with Gasteiger partial charge in [0.2, 0.25) is 0 Å². The van der Waals surface area contributed by atoms with Gasteiger partial charge in [0.25, 0.3) is 5.56 Å². The molecule has 0 atom stereocenters. The van der Waals surface area contributed by atoms with Gasteiger partial charge in [-0.2, -0.15) is 11.8 Å². The van der Waals surface area contributed by atoms with E-state index >= 15 is 0 Å². The summed E-state index contributed by atoms with van der Waals surface area (Å²) < 4.78 is 0. The Balaban J connectivity index is 2.98. The number of rotatable bonds is 5. The number of aromatic nitrogens is 2. The van der Waals surface area contributed by atoms with Crippen molar-refractivity contribution in [3.05, 3.63) is 27.4 Å². The number of aromatic amines is 1. The summed E-state index contributed by atoms with van der Waals surface area (Å²) in [5.74, 6) is 1.16. The number of carboxylic acid groups (broad SMARTS) is 1. The first-order valence-electron chi connectivity index (χ1n) is 4.92. The fourth-order valence-electron chi connectivity index (χ4n) is 1.30. The fourth-order valence-corrected chi connectivity index (χ4v) is 1.83. The number of aliphatic carboxylic acids is 1. The molecule has 5 nitrogen and oxygen atoms in total. The zero-order valence-corrected chi connectivity index (χ0v) is 10.1. The van der Waals surface area contributed by atoms with Crippen LogP contribution in [0.2, 0.25) is 0 Å². The van der Waals surface area contributed by atoms with Crippen molar-refractivity contribution >= 4 is 17.7 Å². The quantitative estimate of drug-likeness (QED) is 0.803. The third-order valence-corrected chi connectivity index (χ3v) is 2.93. The molecule has 0 aliphatic rings. The highest BCUT2D eigenvalue weighted by Gasteiger charge is 2.11. The number of aryl methyl sites for hydroxylation is 1. The highest BCUT2D eigenvalue weighted by Crippen LogP contribution is 2.08. The van der Waals surface area contributed by atoms with Crippen molar-refractivity contribution in [1.29, 1.82) is 0 Å². The molecule has 0 bridgehead atoms. The molecule has 0 aliphatic heterocycles. The molecule has 1 heterocycles. The maximum Gasteiger partial charge on any atom is 0.308 e. The number of nitrogens with zero attached hydrogens (tertiary/aromatic N) is 1. The van der Waals surface area contributed by atoms with Crippen molar-refractivity contribution in [3.63, 3.8) is 0 Å². The summed E-state index contributed by atoms with van der Waals surface area (Å²) in [6.45, 7) is 3.68. The molecule has 0 amide bonds. The van der Waals surface area contributed by atoms with Crippen molar-refractivity contribution in [1.82, 2.24) is 9.97 Å². The molecule has 16 heavy (non-hydrogen) atoms. The Morgan fingerprint density at radius 2 is 2.25 bits per heavy atom. The van der Waals surface area contributed by atoms with Gasteiger partial charge in [-0.15, -0.1) is 0 Å². The van der Waals surface area contributed by atoms with Crippen LogP contribution in [0.15, 0.2) is 4.79 Å². The van der Waals surface area contributed by atoms with Gasteiger partial charge in [0.15, 0.2) is 0 Å². The lowest BCUT2D eigenvalue weighted by Gasteiger charge is -2.04. The van der Waals surface area contributed by atoms with Gasteiger partial charge in [0.05, 0.1) is 12.2 Å². The summed E-state index contributed by atoms with van der Waals surface area (Å²) >= 11 is 1.65. The number of hydrogen-bond donors (Lipinski definition) is 2. The summed E-state index contributed by atoms with van der Waals surface area (Å²) in [7, 11) is 0. The summed E-state index contributed by atoms with van der Waals surface area (Å²) in [6, 6.07) is 0. The van der Waals surface area contributed by atoms with Crippen LogP contribution < -0.4 is 5.56 Å². The minimum atomic E-state index is -1.02. The topological polar surface area (TPSA) is 83.0 Å². The third kappa shape index (κ3) is 3.37. The summed E-state index contributed by atoms with van der Waals surface area (Å²) in [4.78, 5) is 28.9. The molecule has 88 valence electrons. The van der Waals surface area contributed by atoms with Crippen LogP contribution in [-0.4, -0.2) is 26.8 Å². The van der Waals surface area contributed by atoms with Crippen LogP contribution in [0.25, 0.3) is 0 Å². The molecule has 1 aromatic heterocycles. The largest absolute Gasteiger partial charge is 0.481 e. The lowest BCUT2D eigenvalue weighted by molar-refractivity contribution is -0.136. The highest BCUT2D eigenvalue weighted by molar-refractivity contribution is 7.98. The number of nitrogens with one attached hydrogen (secondary N) is 1. The molecule has 0 unspecified atom stereocenters. The Bertz CT molecular complexity index is 442. The van der Waals surface area contributed by atoms with Gasteiger partial charge in [-0.05, 0) is 12.7 Å². The van der Waals surface area contributed by atoms with E-state index in [1.54, 1.807) is 18.7 Å². The maximum atomic E-state index is 11.6. The second-order valence-electron chi connectivity index (χ2n) is 3.28. The van der Waals surface area contributed by atoms with Gasteiger partial charge in [0.1, 0.15) is 5.82 Å². The molecular weight excluding hydrogens is 228 g/mol. The average Bonchev–Trinajstić information content (AvgIpc) is 2.20. The zero-order valence-electron chi connectivity index (χ0n) is 9.24. The summed E-state index contributed by atoms with van der Waals surface area (Å²) in [5.41, 5.74) is 0.386. The minimum absolute atomic E-state index is 0.234. The third-order valence-electron chi connectivity index (χ3n) is 2.04. The van der Waals surface area contributed by atoms with Gasteiger partial charge in [-0.3, -0.25) is 9.59 Å². The standard InChI is InChI=1S/C10H14N2O3S/c1-3-16-5-8-11-6(2)7(4-9(13)14)10(15)12-8/h3-5H2,1-2H3,(H,13,14)(H,11,12,15). The van der Waals surface area contributed by atoms with Crippen LogP contribution in [0, 0.1) is 6.92 Å². The van der Waals surface area contributed by atoms with E-state index < -0.39 is 5.97 Å². The second-order valence-corrected chi connectivity index (χ2v) is 4.56. The SMILES string of the molecule is CCSCc1nc(C)c(CC(=O)O)c(=O)[nH]1. The molecule has 1 aromatic rings. The molecule has 6 heteroatoms. The number of thioether (sulfide) groups is 1. The molecular formula is C10H14N2O3S. The minimum Gasteiger partial charge on any atom is -0.481 e. The molecule has 0 radical (unpaired) electrons. The van der Waals surface area contributed by atoms with Crippen molar-refractivity contribution in [2.75, 3.05) is 5.75 Å². The molecule has 0 saturated carbocycles. The van der Waals surface area contributed by atoms with Gasteiger partial charge in [-0.25, -0.2) is 4.98 Å². The van der Waals surface area contributed by atoms with E-state index in [0.717, 1.165) is 5.75 Å². The predicted octanol–water partition coefficient (Wildman–Crippen LogP) is 0.959. The van der Waals surface area contributed by atoms with E-state index in [2.05, 4.69) is 9.97 Å². The van der Waals surface area contributed by atoms with Crippen LogP contribution in [0.4, 0.5) is 0 Å². The number of H-pyrrole nitrogens is 1. The number of carbonyl (C=O) groups is 1. The molecule has 1 rings (SSSR count). The first-order valence-corrected chi connectivity index (χ1v) is 6.08. The smallest absolute Gasteiger partial charge is 0.308 e. The first-order chi connectivity index (χ1) is 7.54. The predicted molar refractivity (Wildman–Crippen MR) is 62.8 cm³/mol. The molecule has 0 aromatic carbocycles. The highest BCUT2D eigenvalue weighted by atomic mass is 32.2. The Labute approximate surface area is 97.3 Å². The van der Waals surface area contributed by atoms with Crippen molar-refractivity contribution in [2.45, 2.75) is 26.0 Å². The molecule has 0 spiro atoms. The number of hydrogen-bond acceptors (Lipinski definition) is 4. The molecule has 0 saturated heterocycles. The zero-order chi connectivity index (χ0) is 12.1. The van der Waals surface area contributed by atoms with E-state index in [4.69, 9.17) is 5.11 Å². The molecule has 2 N–H and O–H groups in total. The monoisotopic (exact) mass is 242 g/mol. The maximum absolute atomic E-state index is 11.6. The van der Waals surface area contributed by atoms with E-state index in [-0.39, 0.29) is 17.5 Å². The van der Waals surface area contributed by atoms with Gasteiger partial charge >= 0.3 is 5.97 Å². The van der Waals surface area contributed by atoms with Crippen LogP contribution in [-0.2, 0) is 17.0 Å². The first kappa shape index (κ1) is 12.8. The lowest BCUT2D eigenvalue weighted by Crippen LogP contribution is -2.21.